The fourth-order valence-corrected chi connectivity index (χ4v) is 3.03. The maximum absolute atomic E-state index is 11.4. The molecule has 0 fully saturated rings. The molecule has 0 aliphatic rings. The minimum absolute atomic E-state index is 0.290. The largest absolute Gasteiger partial charge is 0.513 e. The summed E-state index contributed by atoms with van der Waals surface area (Å²) in [6, 6.07) is 6.72. The molecule has 3 aromatic rings. The third-order valence-electron chi connectivity index (χ3n) is 3.57. The Kier molecular flexibility index (Phi) is 4.86. The normalized spacial score (nSPS) is 11.2. The van der Waals surface area contributed by atoms with Crippen molar-refractivity contribution in [3.05, 3.63) is 42.4 Å². The molecule has 0 saturated carbocycles. The third-order valence-corrected chi connectivity index (χ3v) is 4.18. The number of sulfonamides is 1. The van der Waals surface area contributed by atoms with E-state index >= 15 is 0 Å². The number of methoxy groups -OCH3 is 1. The Bertz CT molecular complexity index is 1110. The first-order valence-corrected chi connectivity index (χ1v) is 9.59. The zero-order valence-corrected chi connectivity index (χ0v) is 15.6. The Morgan fingerprint density at radius 2 is 2.00 bits per heavy atom. The van der Waals surface area contributed by atoms with Gasteiger partial charge in [-0.1, -0.05) is 6.07 Å². The summed E-state index contributed by atoms with van der Waals surface area (Å²) in [6.45, 7) is 1.75. The Balaban J connectivity index is 1.96. The third kappa shape index (κ3) is 4.26. The predicted octanol–water partition coefficient (Wildman–Crippen LogP) is 2.30. The van der Waals surface area contributed by atoms with Crippen LogP contribution in [0.1, 0.15) is 5.56 Å². The minimum atomic E-state index is -3.39. The molecule has 0 aliphatic heterocycles. The van der Waals surface area contributed by atoms with Crippen molar-refractivity contribution in [2.24, 2.45) is 0 Å². The number of hydrogen-bond donors (Lipinski definition) is 2. The molecule has 0 bridgehead atoms. The highest BCUT2D eigenvalue weighted by Crippen LogP contribution is 2.30. The number of aryl methyl sites for hydroxylation is 1. The van der Waals surface area contributed by atoms with Crippen LogP contribution in [0, 0.1) is 6.92 Å². The number of hydrogen-bond acceptors (Lipinski definition) is 8. The monoisotopic (exact) mass is 391 g/mol. The van der Waals surface area contributed by atoms with E-state index in [1.807, 2.05) is 0 Å². The number of anilines is 3. The number of fused-ring (bicyclic) bond motifs is 1. The van der Waals surface area contributed by atoms with Crippen LogP contribution in [0.25, 0.3) is 5.52 Å². The van der Waals surface area contributed by atoms with Crippen LogP contribution >= 0.6 is 0 Å². The average molecular weight is 391 g/mol. The second-order valence-corrected chi connectivity index (χ2v) is 7.40. The summed E-state index contributed by atoms with van der Waals surface area (Å²) >= 11 is 0. The molecule has 2 aromatic heterocycles. The topological polar surface area (TPSA) is 124 Å². The number of nitrogens with one attached hydrogen (secondary N) is 2. The molecule has 1 aromatic carbocycles. The van der Waals surface area contributed by atoms with Crippen LogP contribution in [0.5, 0.6) is 5.75 Å². The molecule has 2 heterocycles. The van der Waals surface area contributed by atoms with Gasteiger partial charge in [0.2, 0.25) is 10.0 Å². The number of ether oxygens (including phenoxy) is 2. The van der Waals surface area contributed by atoms with Crippen molar-refractivity contribution in [3.8, 4) is 5.75 Å². The van der Waals surface area contributed by atoms with Gasteiger partial charge in [-0.15, -0.1) is 0 Å². The van der Waals surface area contributed by atoms with Crippen molar-refractivity contribution in [3.63, 3.8) is 0 Å². The second kappa shape index (κ2) is 7.11. The zero-order chi connectivity index (χ0) is 19.6. The Hall–Kier alpha value is -3.34. The quantitative estimate of drug-likeness (QED) is 0.635. The summed E-state index contributed by atoms with van der Waals surface area (Å²) in [7, 11) is -2.17. The molecule has 0 amide bonds. The lowest BCUT2D eigenvalue weighted by Gasteiger charge is -2.10. The number of aromatic nitrogens is 3. The molecule has 0 aliphatic carbocycles. The van der Waals surface area contributed by atoms with Crippen LogP contribution in [0.15, 0.2) is 36.8 Å². The van der Waals surface area contributed by atoms with Crippen LogP contribution < -0.4 is 14.8 Å². The molecule has 0 radical (unpaired) electrons. The van der Waals surface area contributed by atoms with E-state index in [4.69, 9.17) is 4.74 Å². The molecule has 27 heavy (non-hydrogen) atoms. The second-order valence-electron chi connectivity index (χ2n) is 5.66. The van der Waals surface area contributed by atoms with Gasteiger partial charge in [-0.25, -0.2) is 22.7 Å². The van der Waals surface area contributed by atoms with Gasteiger partial charge in [0, 0.05) is 11.3 Å². The van der Waals surface area contributed by atoms with Gasteiger partial charge in [0.15, 0.2) is 11.6 Å². The molecule has 10 nitrogen and oxygen atoms in total. The Labute approximate surface area is 155 Å². The number of nitrogens with zero attached hydrogens (tertiary/aromatic N) is 3. The Morgan fingerprint density at radius 3 is 2.70 bits per heavy atom. The summed E-state index contributed by atoms with van der Waals surface area (Å²) in [5.74, 6) is 0.747. The van der Waals surface area contributed by atoms with Crippen molar-refractivity contribution in [1.82, 2.24) is 14.6 Å². The fourth-order valence-electron chi connectivity index (χ4n) is 2.48. The standard InChI is InChI=1S/C16H17N5O5S/c1-10-13(26-16(22)25-2)8-21-14(10)15(17-9-18-21)19-11-5-4-6-12(7-11)20-27(3,23)24/h4-9,20H,1-3H3,(H,17,18,19). The minimum Gasteiger partial charge on any atom is -0.437 e. The van der Waals surface area contributed by atoms with E-state index in [-0.39, 0.29) is 5.75 Å². The van der Waals surface area contributed by atoms with Gasteiger partial charge in [-0.2, -0.15) is 5.10 Å². The Morgan fingerprint density at radius 1 is 1.26 bits per heavy atom. The molecule has 142 valence electrons. The van der Waals surface area contributed by atoms with Crippen LogP contribution in [-0.2, 0) is 14.8 Å². The summed E-state index contributed by atoms with van der Waals surface area (Å²) in [4.78, 5) is 15.6. The summed E-state index contributed by atoms with van der Waals surface area (Å²) in [5.41, 5.74) is 2.25. The highest BCUT2D eigenvalue weighted by Gasteiger charge is 2.16. The smallest absolute Gasteiger partial charge is 0.437 e. The van der Waals surface area contributed by atoms with Gasteiger partial charge in [0.05, 0.1) is 25.2 Å². The van der Waals surface area contributed by atoms with Crippen molar-refractivity contribution >= 4 is 38.9 Å². The number of carbonyl (C=O) groups is 1. The fraction of sp³-hybridized carbons (Fsp3) is 0.188. The maximum Gasteiger partial charge on any atom is 0.513 e. The predicted molar refractivity (Wildman–Crippen MR) is 98.9 cm³/mol. The molecule has 0 atom stereocenters. The highest BCUT2D eigenvalue weighted by molar-refractivity contribution is 7.92. The molecule has 0 saturated heterocycles. The molecule has 3 rings (SSSR count). The lowest BCUT2D eigenvalue weighted by atomic mass is 10.2. The first-order chi connectivity index (χ1) is 12.8. The number of rotatable bonds is 5. The lowest BCUT2D eigenvalue weighted by Crippen LogP contribution is -2.09. The van der Waals surface area contributed by atoms with Gasteiger partial charge < -0.3 is 14.8 Å². The molecular weight excluding hydrogens is 374 g/mol. The van der Waals surface area contributed by atoms with E-state index in [1.54, 1.807) is 31.2 Å². The summed E-state index contributed by atoms with van der Waals surface area (Å²) in [5, 5.41) is 7.22. The number of benzene rings is 1. The van der Waals surface area contributed by atoms with Crippen LogP contribution in [0.3, 0.4) is 0 Å². The van der Waals surface area contributed by atoms with Crippen LogP contribution in [0.4, 0.5) is 22.0 Å². The first kappa shape index (κ1) is 18.5. The number of carbonyl (C=O) groups excluding carboxylic acids is 1. The van der Waals surface area contributed by atoms with Gasteiger partial charge in [0.1, 0.15) is 11.8 Å². The van der Waals surface area contributed by atoms with Crippen molar-refractivity contribution in [1.29, 1.82) is 0 Å². The van der Waals surface area contributed by atoms with E-state index in [0.29, 0.717) is 28.3 Å². The summed E-state index contributed by atoms with van der Waals surface area (Å²) < 4.78 is 36.3. The lowest BCUT2D eigenvalue weighted by molar-refractivity contribution is 0.121. The van der Waals surface area contributed by atoms with E-state index in [0.717, 1.165) is 6.26 Å². The SMILES string of the molecule is COC(=O)Oc1cn2ncnc(Nc3cccc(NS(C)(=O)=O)c3)c2c1C. The van der Waals surface area contributed by atoms with Gasteiger partial charge in [-0.05, 0) is 25.1 Å². The zero-order valence-electron chi connectivity index (χ0n) is 14.8. The van der Waals surface area contributed by atoms with Gasteiger partial charge in [0.25, 0.3) is 0 Å². The molecular formula is C16H17N5O5S. The van der Waals surface area contributed by atoms with Crippen LogP contribution in [-0.4, -0.2) is 42.5 Å². The van der Waals surface area contributed by atoms with Crippen molar-refractivity contribution < 1.29 is 22.7 Å². The molecule has 0 unspecified atom stereocenters. The maximum atomic E-state index is 11.4. The van der Waals surface area contributed by atoms with E-state index in [2.05, 4.69) is 24.9 Å². The summed E-state index contributed by atoms with van der Waals surface area (Å²) in [6.07, 6.45) is 3.12. The van der Waals surface area contributed by atoms with Crippen LogP contribution in [0.2, 0.25) is 0 Å². The molecule has 0 spiro atoms. The highest BCUT2D eigenvalue weighted by atomic mass is 32.2. The van der Waals surface area contributed by atoms with Gasteiger partial charge in [-0.3, -0.25) is 4.72 Å². The van der Waals surface area contributed by atoms with Gasteiger partial charge >= 0.3 is 6.16 Å². The molecule has 2 N–H and O–H groups in total. The van der Waals surface area contributed by atoms with E-state index in [9.17, 15) is 13.2 Å². The van der Waals surface area contributed by atoms with E-state index < -0.39 is 16.2 Å². The van der Waals surface area contributed by atoms with Crippen molar-refractivity contribution in [2.45, 2.75) is 6.92 Å². The first-order valence-electron chi connectivity index (χ1n) is 7.70. The molecule has 11 heteroatoms. The van der Waals surface area contributed by atoms with Crippen molar-refractivity contribution in [2.75, 3.05) is 23.4 Å². The van der Waals surface area contributed by atoms with E-state index in [1.165, 1.54) is 24.1 Å². The average Bonchev–Trinajstić information content (AvgIpc) is 2.90.